The third-order valence-electron chi connectivity index (χ3n) is 2.93. The molecule has 20 heavy (non-hydrogen) atoms. The minimum absolute atomic E-state index is 0.00488. The molecular weight excluding hydrogens is 252 g/mol. The van der Waals surface area contributed by atoms with Crippen LogP contribution in [0.2, 0.25) is 0 Å². The van der Waals surface area contributed by atoms with Crippen molar-refractivity contribution in [1.29, 1.82) is 0 Å². The van der Waals surface area contributed by atoms with E-state index in [2.05, 4.69) is 5.73 Å². The lowest BCUT2D eigenvalue weighted by molar-refractivity contribution is -0.139. The predicted octanol–water partition coefficient (Wildman–Crippen LogP) is 3.52. The Morgan fingerprint density at radius 3 is 2.90 bits per heavy atom. The highest BCUT2D eigenvalue weighted by molar-refractivity contribution is 5.93. The number of ketones is 1. The molecule has 0 saturated heterocycles. The van der Waals surface area contributed by atoms with E-state index in [4.69, 9.17) is 10.2 Å². The van der Waals surface area contributed by atoms with Gasteiger partial charge in [0.25, 0.3) is 0 Å². The maximum absolute atomic E-state index is 11.8. The van der Waals surface area contributed by atoms with E-state index in [1.54, 1.807) is 26.8 Å². The van der Waals surface area contributed by atoms with Gasteiger partial charge in [-0.3, -0.25) is 9.59 Å². The van der Waals surface area contributed by atoms with Crippen molar-refractivity contribution in [2.45, 2.75) is 41.0 Å². The molecule has 0 spiro atoms. The van der Waals surface area contributed by atoms with Crippen LogP contribution in [0.25, 0.3) is 0 Å². The summed E-state index contributed by atoms with van der Waals surface area (Å²) in [5.41, 5.74) is 2.88. The van der Waals surface area contributed by atoms with Crippen molar-refractivity contribution in [3.8, 4) is 0 Å². The van der Waals surface area contributed by atoms with Crippen molar-refractivity contribution in [2.24, 2.45) is 5.41 Å². The molecule has 0 aliphatic heterocycles. The van der Waals surface area contributed by atoms with Gasteiger partial charge in [-0.25, -0.2) is 0 Å². The smallest absolute Gasteiger partial charge is 0.302 e. The fraction of sp³-hybridized carbons (Fsp3) is 0.471. The summed E-state index contributed by atoms with van der Waals surface area (Å²) in [5, 5.41) is 0. The Hall–Kier alpha value is -1.86. The molecular formula is C17H22O3. The van der Waals surface area contributed by atoms with E-state index in [-0.39, 0.29) is 30.4 Å². The van der Waals surface area contributed by atoms with Crippen LogP contribution >= 0.6 is 0 Å². The van der Waals surface area contributed by atoms with Gasteiger partial charge < -0.3 is 4.74 Å². The van der Waals surface area contributed by atoms with Gasteiger partial charge >= 0.3 is 5.97 Å². The van der Waals surface area contributed by atoms with Crippen LogP contribution in [0.3, 0.4) is 0 Å². The number of allylic oxidation sites excluding steroid dienone is 4. The third kappa shape index (κ3) is 4.67. The van der Waals surface area contributed by atoms with E-state index in [9.17, 15) is 9.59 Å². The lowest BCUT2D eigenvalue weighted by atomic mass is 9.73. The van der Waals surface area contributed by atoms with Crippen molar-refractivity contribution < 1.29 is 19.8 Å². The molecule has 1 aliphatic carbocycles. The van der Waals surface area contributed by atoms with Crippen LogP contribution in [0, 0.1) is 5.41 Å². The number of carbonyl (C=O) groups excluding carboxylic acids is 2. The topological polar surface area (TPSA) is 43.4 Å². The van der Waals surface area contributed by atoms with Gasteiger partial charge in [0.1, 0.15) is 6.61 Å². The lowest BCUT2D eigenvalue weighted by Crippen LogP contribution is -2.23. The Bertz CT molecular complexity index is 672. The highest BCUT2D eigenvalue weighted by atomic mass is 16.5. The van der Waals surface area contributed by atoms with E-state index < -0.39 is 18.2 Å². The average molecular weight is 278 g/mol. The van der Waals surface area contributed by atoms with Crippen molar-refractivity contribution in [3.05, 3.63) is 40.7 Å². The first kappa shape index (κ1) is 10.9. The van der Waals surface area contributed by atoms with E-state index in [1.165, 1.54) is 6.92 Å². The molecule has 0 N–H and O–H groups in total. The van der Waals surface area contributed by atoms with Crippen molar-refractivity contribution in [2.75, 3.05) is 6.61 Å². The molecule has 3 heteroatoms. The zero-order chi connectivity index (χ0) is 18.7. The van der Waals surface area contributed by atoms with Gasteiger partial charge in [-0.15, -0.1) is 5.73 Å². The van der Waals surface area contributed by atoms with E-state index in [0.717, 1.165) is 6.08 Å². The minimum atomic E-state index is -2.45. The van der Waals surface area contributed by atoms with Crippen LogP contribution in [0.4, 0.5) is 0 Å². The molecule has 0 fully saturated rings. The maximum atomic E-state index is 11.8. The van der Waals surface area contributed by atoms with E-state index in [0.29, 0.717) is 11.1 Å². The zero-order valence-electron chi connectivity index (χ0n) is 16.3. The summed E-state index contributed by atoms with van der Waals surface area (Å²) in [6, 6.07) is -0.00488. The fourth-order valence-electron chi connectivity index (χ4n) is 1.91. The molecule has 0 bridgehead atoms. The Labute approximate surface area is 126 Å². The van der Waals surface area contributed by atoms with Crippen molar-refractivity contribution >= 4 is 11.8 Å². The zero-order valence-corrected chi connectivity index (χ0v) is 12.3. The summed E-state index contributed by atoms with van der Waals surface area (Å²) >= 11 is 0. The molecule has 0 unspecified atom stereocenters. The largest absolute Gasteiger partial charge is 0.462 e. The van der Waals surface area contributed by atoms with Gasteiger partial charge in [0.05, 0.1) is 1.37 Å². The van der Waals surface area contributed by atoms with Crippen LogP contribution < -0.4 is 0 Å². The van der Waals surface area contributed by atoms with Crippen LogP contribution in [0.15, 0.2) is 40.7 Å². The Balaban J connectivity index is 3.39. The highest BCUT2D eigenvalue weighted by Gasteiger charge is 2.30. The number of rotatable bonds is 3. The number of hydrogen-bond acceptors (Lipinski definition) is 3. The van der Waals surface area contributed by atoms with Gasteiger partial charge in [-0.1, -0.05) is 13.8 Å². The molecule has 0 aromatic heterocycles. The molecule has 1 aliphatic rings. The first-order chi connectivity index (χ1) is 10.8. The Morgan fingerprint density at radius 2 is 2.30 bits per heavy atom. The fourth-order valence-corrected chi connectivity index (χ4v) is 1.91. The number of hydrogen-bond donors (Lipinski definition) is 0. The molecule has 0 aromatic rings. The number of carbonyl (C=O) groups is 2. The molecule has 1 rings (SSSR count). The molecule has 0 amide bonds. The summed E-state index contributed by atoms with van der Waals surface area (Å²) in [6.45, 7) is 4.04. The van der Waals surface area contributed by atoms with Crippen LogP contribution in [-0.2, 0) is 14.3 Å². The van der Waals surface area contributed by atoms with Gasteiger partial charge in [-0.2, -0.15) is 0 Å². The summed E-state index contributed by atoms with van der Waals surface area (Å²) in [7, 11) is 0. The Kier molecular flexibility index (Phi) is 3.55. The van der Waals surface area contributed by atoms with E-state index in [1.807, 2.05) is 0 Å². The summed E-state index contributed by atoms with van der Waals surface area (Å²) in [4.78, 5) is 22.6. The number of ether oxygens (including phenoxy) is 1. The van der Waals surface area contributed by atoms with Crippen LogP contribution in [0.5, 0.6) is 0 Å². The molecule has 0 radical (unpaired) electrons. The quantitative estimate of drug-likeness (QED) is 0.450. The predicted molar refractivity (Wildman–Crippen MR) is 79.1 cm³/mol. The molecule has 3 nitrogen and oxygen atoms in total. The first-order valence-electron chi connectivity index (χ1n) is 8.38. The lowest BCUT2D eigenvalue weighted by Gasteiger charge is -2.29. The second-order valence-electron chi connectivity index (χ2n) is 5.40. The summed E-state index contributed by atoms with van der Waals surface area (Å²) < 4.78 is 35.8. The first-order valence-corrected chi connectivity index (χ1v) is 6.38. The van der Waals surface area contributed by atoms with Gasteiger partial charge in [0.15, 0.2) is 5.78 Å². The molecule has 108 valence electrons. The summed E-state index contributed by atoms with van der Waals surface area (Å²) in [5.74, 6) is -0.669. The molecule has 0 aromatic carbocycles. The minimum Gasteiger partial charge on any atom is -0.462 e. The van der Waals surface area contributed by atoms with Crippen molar-refractivity contribution in [1.82, 2.24) is 0 Å². The van der Waals surface area contributed by atoms with E-state index >= 15 is 0 Å². The normalized spacial score (nSPS) is 21.8. The van der Waals surface area contributed by atoms with Gasteiger partial charge in [0, 0.05) is 28.4 Å². The maximum Gasteiger partial charge on any atom is 0.302 e. The van der Waals surface area contributed by atoms with Crippen molar-refractivity contribution in [3.63, 3.8) is 0 Å². The standard InChI is InChI=1S/C17H22O3/c1-12(8-9-20-14(3)18)6-7-16-13(2)10-15(19)11-17(16,4)5/h6,8,10H,9,11H2,1-5H3/b12-8-/i2D3,6D. The average Bonchev–Trinajstić information content (AvgIpc) is 2.38. The van der Waals surface area contributed by atoms with Gasteiger partial charge in [-0.05, 0) is 43.1 Å². The van der Waals surface area contributed by atoms with Gasteiger partial charge in [0.2, 0.25) is 0 Å². The number of esters is 1. The summed E-state index contributed by atoms with van der Waals surface area (Å²) in [6.07, 6.45) is 2.85. The Morgan fingerprint density at radius 1 is 1.60 bits per heavy atom. The second-order valence-corrected chi connectivity index (χ2v) is 5.40. The van der Waals surface area contributed by atoms with Crippen LogP contribution in [0.1, 0.15) is 46.5 Å². The second kappa shape index (κ2) is 6.53. The highest BCUT2D eigenvalue weighted by Crippen LogP contribution is 2.38. The SMILES string of the molecule is [2H]C(=C=C1C(C([2H])([2H])[2H])=CC(=O)CC1(C)C)/C(C)=C\COC(C)=O. The monoisotopic (exact) mass is 278 g/mol. The molecule has 0 atom stereocenters. The molecule has 0 saturated carbocycles. The molecule has 0 heterocycles. The van der Waals surface area contributed by atoms with Crippen LogP contribution in [-0.4, -0.2) is 18.4 Å². The third-order valence-corrected chi connectivity index (χ3v) is 2.93.